The monoisotopic (exact) mass is 479 g/mol. The fourth-order valence-corrected chi connectivity index (χ4v) is 6.21. The maximum absolute atomic E-state index is 11.1. The van der Waals surface area contributed by atoms with Gasteiger partial charge in [-0.05, 0) is 35.2 Å². The van der Waals surface area contributed by atoms with Crippen molar-refractivity contribution in [3.05, 3.63) is 57.4 Å². The number of methoxy groups -OCH3 is 1. The minimum absolute atomic E-state index is 0.249. The maximum atomic E-state index is 11.1. The number of halogens is 1. The lowest BCUT2D eigenvalue weighted by Crippen LogP contribution is -2.36. The van der Waals surface area contributed by atoms with Crippen LogP contribution >= 0.6 is 34.3 Å². The van der Waals surface area contributed by atoms with Crippen LogP contribution in [0.3, 0.4) is 0 Å². The maximum Gasteiger partial charge on any atom is 0.262 e. The molecule has 0 N–H and O–H groups in total. The molecule has 30 heavy (non-hydrogen) atoms. The Morgan fingerprint density at radius 3 is 2.80 bits per heavy atom. The van der Waals surface area contributed by atoms with E-state index in [1.54, 1.807) is 29.8 Å². The Balaban J connectivity index is 1.84. The van der Waals surface area contributed by atoms with Crippen LogP contribution in [0.2, 0.25) is 5.02 Å². The van der Waals surface area contributed by atoms with Crippen molar-refractivity contribution in [2.24, 2.45) is 0 Å². The van der Waals surface area contributed by atoms with E-state index in [1.807, 2.05) is 53.9 Å². The standard InChI is InChI=1S/C21H18ClNO4S3/c1-27-17-13-18-20(21-16(17)8-10-28-21)23(9-3-11-30(24,25)26)19(29-18)7-6-14-4-2-5-15(22)12-14/h2,4-8,10,12-13H,3,9,11H2,1H3/b7-6+. The predicted octanol–water partition coefficient (Wildman–Crippen LogP) is 5.17. The van der Waals surface area contributed by atoms with E-state index in [2.05, 4.69) is 4.57 Å². The Morgan fingerprint density at radius 1 is 1.23 bits per heavy atom. The van der Waals surface area contributed by atoms with Crippen molar-refractivity contribution in [1.29, 1.82) is 0 Å². The third-order valence-electron chi connectivity index (χ3n) is 4.65. The molecular formula is C21H18ClNO4S3. The highest BCUT2D eigenvalue weighted by atomic mass is 35.5. The van der Waals surface area contributed by atoms with Gasteiger partial charge in [-0.2, -0.15) is 4.57 Å². The van der Waals surface area contributed by atoms with Crippen molar-refractivity contribution < 1.29 is 22.3 Å². The zero-order valence-corrected chi connectivity index (χ0v) is 19.2. The SMILES string of the molecule is COc1cc2sc(/C=C/c3cccc(Cl)c3)[n+](CCCS(=O)(=O)[O-])c2c2sccc12. The number of benzene rings is 2. The third-order valence-corrected chi connectivity index (χ3v) is 7.70. The summed E-state index contributed by atoms with van der Waals surface area (Å²) < 4.78 is 43.1. The Kier molecular flexibility index (Phi) is 6.13. The molecule has 9 heteroatoms. The van der Waals surface area contributed by atoms with Crippen LogP contribution in [-0.4, -0.2) is 25.8 Å². The van der Waals surface area contributed by atoms with Gasteiger partial charge in [0.15, 0.2) is 6.54 Å². The summed E-state index contributed by atoms with van der Waals surface area (Å²) in [6, 6.07) is 11.6. The van der Waals surface area contributed by atoms with E-state index >= 15 is 0 Å². The number of aromatic nitrogens is 1. The lowest BCUT2D eigenvalue weighted by Gasteiger charge is -2.05. The smallest absolute Gasteiger partial charge is 0.262 e. The molecule has 0 saturated heterocycles. The quantitative estimate of drug-likeness (QED) is 0.271. The fraction of sp³-hybridized carbons (Fsp3) is 0.190. The highest BCUT2D eigenvalue weighted by Gasteiger charge is 2.24. The van der Waals surface area contributed by atoms with Crippen LogP contribution in [0.5, 0.6) is 5.75 Å². The molecule has 0 aliphatic carbocycles. The topological polar surface area (TPSA) is 70.3 Å². The van der Waals surface area contributed by atoms with Crippen LogP contribution in [0.25, 0.3) is 32.5 Å². The van der Waals surface area contributed by atoms with E-state index in [0.717, 1.165) is 36.6 Å². The van der Waals surface area contributed by atoms with Crippen molar-refractivity contribution >= 4 is 76.8 Å². The lowest BCUT2D eigenvalue weighted by atomic mass is 10.2. The minimum Gasteiger partial charge on any atom is -0.748 e. The first-order valence-corrected chi connectivity index (χ1v) is 12.8. The zero-order valence-electron chi connectivity index (χ0n) is 16.0. The van der Waals surface area contributed by atoms with Crippen LogP contribution in [0, 0.1) is 0 Å². The Labute approximate surface area is 187 Å². The second-order valence-corrected chi connectivity index (χ2v) is 10.6. The number of ether oxygens (including phenoxy) is 1. The Bertz CT molecular complexity index is 1360. The normalized spacial score (nSPS) is 12.4. The number of rotatable bonds is 7. The average molecular weight is 480 g/mol. The summed E-state index contributed by atoms with van der Waals surface area (Å²) in [5, 5.41) is 4.64. The summed E-state index contributed by atoms with van der Waals surface area (Å²) >= 11 is 9.29. The number of aryl methyl sites for hydroxylation is 1. The minimum atomic E-state index is -4.26. The predicted molar refractivity (Wildman–Crippen MR) is 124 cm³/mol. The first-order valence-electron chi connectivity index (χ1n) is 9.13. The molecule has 0 radical (unpaired) electrons. The van der Waals surface area contributed by atoms with Crippen LogP contribution in [0.15, 0.2) is 41.8 Å². The fourth-order valence-electron chi connectivity index (χ4n) is 3.37. The number of hydrogen-bond donors (Lipinski definition) is 0. The van der Waals surface area contributed by atoms with E-state index in [9.17, 15) is 13.0 Å². The van der Waals surface area contributed by atoms with Gasteiger partial charge in [0, 0.05) is 34.7 Å². The van der Waals surface area contributed by atoms with Crippen molar-refractivity contribution in [2.75, 3.05) is 12.9 Å². The molecule has 0 atom stereocenters. The number of thiophene rings is 1. The van der Waals surface area contributed by atoms with Gasteiger partial charge >= 0.3 is 0 Å². The third kappa shape index (κ3) is 4.53. The van der Waals surface area contributed by atoms with Gasteiger partial charge in [-0.3, -0.25) is 0 Å². The number of hydrogen-bond acceptors (Lipinski definition) is 6. The summed E-state index contributed by atoms with van der Waals surface area (Å²) in [6.45, 7) is 0.427. The molecular weight excluding hydrogens is 462 g/mol. The molecule has 2 heterocycles. The molecule has 4 rings (SSSR count). The Morgan fingerprint density at radius 2 is 2.07 bits per heavy atom. The van der Waals surface area contributed by atoms with Gasteiger partial charge in [-0.25, -0.2) is 8.42 Å². The van der Waals surface area contributed by atoms with Gasteiger partial charge in [-0.1, -0.05) is 35.1 Å². The lowest BCUT2D eigenvalue weighted by molar-refractivity contribution is -0.667. The van der Waals surface area contributed by atoms with Crippen molar-refractivity contribution in [2.45, 2.75) is 13.0 Å². The van der Waals surface area contributed by atoms with Gasteiger partial charge < -0.3 is 9.29 Å². The first-order chi connectivity index (χ1) is 14.4. The van der Waals surface area contributed by atoms with Crippen molar-refractivity contribution in [3.63, 3.8) is 0 Å². The van der Waals surface area contributed by atoms with Gasteiger partial charge in [0.1, 0.15) is 15.1 Å². The van der Waals surface area contributed by atoms with Gasteiger partial charge in [0.2, 0.25) is 5.52 Å². The molecule has 0 spiro atoms. The van der Waals surface area contributed by atoms with Gasteiger partial charge in [-0.15, -0.1) is 11.3 Å². The first kappa shape index (κ1) is 21.3. The van der Waals surface area contributed by atoms with E-state index in [1.165, 1.54) is 0 Å². The molecule has 0 fully saturated rings. The zero-order chi connectivity index (χ0) is 21.3. The van der Waals surface area contributed by atoms with Crippen LogP contribution in [0.4, 0.5) is 0 Å². The molecule has 0 saturated carbocycles. The molecule has 2 aromatic carbocycles. The molecule has 0 unspecified atom stereocenters. The van der Waals surface area contributed by atoms with Crippen LogP contribution in [-0.2, 0) is 16.7 Å². The van der Waals surface area contributed by atoms with Gasteiger partial charge in [0.05, 0.1) is 17.2 Å². The van der Waals surface area contributed by atoms with E-state index < -0.39 is 15.9 Å². The van der Waals surface area contributed by atoms with Gasteiger partial charge in [0.25, 0.3) is 5.01 Å². The second kappa shape index (κ2) is 8.64. The second-order valence-electron chi connectivity index (χ2n) is 6.68. The summed E-state index contributed by atoms with van der Waals surface area (Å²) in [5.74, 6) is 0.415. The largest absolute Gasteiger partial charge is 0.748 e. The molecule has 4 aromatic rings. The molecule has 0 aliphatic heterocycles. The summed E-state index contributed by atoms with van der Waals surface area (Å²) in [4.78, 5) is 0. The van der Waals surface area contributed by atoms with E-state index in [4.69, 9.17) is 16.3 Å². The summed E-state index contributed by atoms with van der Waals surface area (Å²) in [7, 11) is -2.60. The van der Waals surface area contributed by atoms with E-state index in [0.29, 0.717) is 11.6 Å². The van der Waals surface area contributed by atoms with E-state index in [-0.39, 0.29) is 6.42 Å². The molecule has 0 aliphatic rings. The summed E-state index contributed by atoms with van der Waals surface area (Å²) in [5.41, 5.74) is 1.99. The van der Waals surface area contributed by atoms with Crippen molar-refractivity contribution in [3.8, 4) is 5.75 Å². The molecule has 0 bridgehead atoms. The summed E-state index contributed by atoms with van der Waals surface area (Å²) in [6.07, 6.45) is 4.22. The molecule has 2 aromatic heterocycles. The number of thiazole rings is 1. The number of nitrogens with zero attached hydrogens (tertiary/aromatic N) is 1. The molecule has 0 amide bonds. The van der Waals surface area contributed by atoms with Crippen molar-refractivity contribution in [1.82, 2.24) is 0 Å². The van der Waals surface area contributed by atoms with Crippen LogP contribution in [0.1, 0.15) is 17.0 Å². The number of fused-ring (bicyclic) bond motifs is 3. The highest BCUT2D eigenvalue weighted by molar-refractivity contribution is 7.85. The highest BCUT2D eigenvalue weighted by Crippen LogP contribution is 2.38. The molecule has 5 nitrogen and oxygen atoms in total. The average Bonchev–Trinajstić information content (AvgIpc) is 3.29. The molecule has 156 valence electrons. The Hall–Kier alpha value is -1.97. The van der Waals surface area contributed by atoms with Crippen LogP contribution < -0.4 is 9.30 Å².